The number of nitriles is 1. The molecule has 0 spiro atoms. The highest BCUT2D eigenvalue weighted by Gasteiger charge is 2.00. The number of nitrogens with zero attached hydrogens (tertiary/aromatic N) is 1. The summed E-state index contributed by atoms with van der Waals surface area (Å²) in [5.41, 5.74) is 3.40. The number of hydroxylamine groups is 1. The first kappa shape index (κ1) is 13.2. The van der Waals surface area contributed by atoms with Crippen LogP contribution in [0.25, 0.3) is 0 Å². The van der Waals surface area contributed by atoms with Crippen molar-refractivity contribution in [3.63, 3.8) is 0 Å². The second kappa shape index (κ2) is 8.31. The Kier molecular flexibility index (Phi) is 6.46. The topological polar surface area (TPSA) is 62.1 Å². The van der Waals surface area contributed by atoms with Crippen LogP contribution in [0.3, 0.4) is 0 Å². The fourth-order valence-electron chi connectivity index (χ4n) is 1.31. The van der Waals surface area contributed by atoms with E-state index in [-0.39, 0.29) is 5.91 Å². The highest BCUT2D eigenvalue weighted by atomic mass is 16.6. The van der Waals surface area contributed by atoms with Crippen LogP contribution in [0.1, 0.15) is 31.2 Å². The lowest BCUT2D eigenvalue weighted by molar-refractivity contribution is -0.134. The molecule has 90 valence electrons. The van der Waals surface area contributed by atoms with Crippen LogP contribution in [0.2, 0.25) is 0 Å². The first-order valence-electron chi connectivity index (χ1n) is 5.64. The number of hydrogen-bond acceptors (Lipinski definition) is 3. The van der Waals surface area contributed by atoms with E-state index in [1.807, 2.05) is 36.4 Å². The third-order valence-electron chi connectivity index (χ3n) is 2.21. The average Bonchev–Trinajstić information content (AvgIpc) is 2.36. The summed E-state index contributed by atoms with van der Waals surface area (Å²) in [4.78, 5) is 16.4. The normalized spacial score (nSPS) is 9.59. The van der Waals surface area contributed by atoms with Crippen molar-refractivity contribution in [1.29, 1.82) is 5.26 Å². The van der Waals surface area contributed by atoms with Gasteiger partial charge in [0, 0.05) is 12.8 Å². The average molecular weight is 232 g/mol. The fourth-order valence-corrected chi connectivity index (χ4v) is 1.31. The number of benzene rings is 1. The van der Waals surface area contributed by atoms with Crippen LogP contribution in [0.15, 0.2) is 30.3 Å². The van der Waals surface area contributed by atoms with Crippen LogP contribution < -0.4 is 5.48 Å². The molecule has 17 heavy (non-hydrogen) atoms. The van der Waals surface area contributed by atoms with E-state index >= 15 is 0 Å². The molecule has 0 fully saturated rings. The van der Waals surface area contributed by atoms with Gasteiger partial charge in [0.25, 0.3) is 0 Å². The predicted octanol–water partition coefficient (Wildman–Crippen LogP) is 2.32. The van der Waals surface area contributed by atoms with Gasteiger partial charge in [0.05, 0.1) is 12.7 Å². The van der Waals surface area contributed by atoms with E-state index in [0.29, 0.717) is 25.9 Å². The molecule has 1 aromatic carbocycles. The Morgan fingerprint density at radius 3 is 2.76 bits per heavy atom. The van der Waals surface area contributed by atoms with E-state index in [2.05, 4.69) is 5.48 Å². The van der Waals surface area contributed by atoms with E-state index in [1.165, 1.54) is 0 Å². The molecular weight excluding hydrogens is 216 g/mol. The third-order valence-corrected chi connectivity index (χ3v) is 2.21. The van der Waals surface area contributed by atoms with Gasteiger partial charge in [-0.25, -0.2) is 5.48 Å². The molecule has 1 rings (SSSR count). The Morgan fingerprint density at radius 1 is 1.29 bits per heavy atom. The van der Waals surface area contributed by atoms with Crippen molar-refractivity contribution < 1.29 is 9.63 Å². The zero-order chi connectivity index (χ0) is 12.3. The van der Waals surface area contributed by atoms with Crippen molar-refractivity contribution >= 4 is 5.91 Å². The van der Waals surface area contributed by atoms with E-state index in [4.69, 9.17) is 10.1 Å². The van der Waals surface area contributed by atoms with Gasteiger partial charge in [-0.3, -0.25) is 9.63 Å². The summed E-state index contributed by atoms with van der Waals surface area (Å²) in [7, 11) is 0. The summed E-state index contributed by atoms with van der Waals surface area (Å²) < 4.78 is 0. The summed E-state index contributed by atoms with van der Waals surface area (Å²) in [6, 6.07) is 11.7. The molecule has 1 aromatic rings. The quantitative estimate of drug-likeness (QED) is 0.579. The minimum Gasteiger partial charge on any atom is -0.273 e. The molecule has 4 heteroatoms. The summed E-state index contributed by atoms with van der Waals surface area (Å²) in [6.07, 6.45) is 2.37. The van der Waals surface area contributed by atoms with E-state index < -0.39 is 0 Å². The highest BCUT2D eigenvalue weighted by molar-refractivity contribution is 5.74. The van der Waals surface area contributed by atoms with Gasteiger partial charge in [-0.15, -0.1) is 0 Å². The molecule has 0 unspecified atom stereocenters. The number of nitrogens with one attached hydrogen (secondary N) is 1. The molecule has 1 amide bonds. The standard InChI is InChI=1S/C13H16N2O2/c14-10-6-2-5-9-13(16)15-17-11-12-7-3-1-4-8-12/h1,3-4,7-8H,2,5-6,9,11H2,(H,15,16). The molecule has 1 N–H and O–H groups in total. The predicted molar refractivity (Wildman–Crippen MR) is 63.5 cm³/mol. The lowest BCUT2D eigenvalue weighted by Crippen LogP contribution is -2.23. The number of rotatable bonds is 7. The van der Waals surface area contributed by atoms with Crippen LogP contribution >= 0.6 is 0 Å². The van der Waals surface area contributed by atoms with Crippen molar-refractivity contribution in [2.24, 2.45) is 0 Å². The van der Waals surface area contributed by atoms with Crippen molar-refractivity contribution in [3.05, 3.63) is 35.9 Å². The maximum atomic E-state index is 11.3. The number of carbonyl (C=O) groups excluding carboxylic acids is 1. The minimum absolute atomic E-state index is 0.140. The Hall–Kier alpha value is -1.86. The van der Waals surface area contributed by atoms with Gasteiger partial charge in [-0.05, 0) is 18.4 Å². The molecular formula is C13H16N2O2. The molecule has 0 aliphatic heterocycles. The molecule has 0 saturated heterocycles. The molecule has 0 saturated carbocycles. The summed E-state index contributed by atoms with van der Waals surface area (Å²) in [5, 5.41) is 8.32. The maximum absolute atomic E-state index is 11.3. The first-order chi connectivity index (χ1) is 8.33. The SMILES string of the molecule is N#CCCCCC(=O)NOCc1ccccc1. The zero-order valence-electron chi connectivity index (χ0n) is 9.69. The van der Waals surface area contributed by atoms with Crippen molar-refractivity contribution in [1.82, 2.24) is 5.48 Å². The van der Waals surface area contributed by atoms with E-state index in [1.54, 1.807) is 0 Å². The Morgan fingerprint density at radius 2 is 2.06 bits per heavy atom. The summed E-state index contributed by atoms with van der Waals surface area (Å²) in [5.74, 6) is -0.140. The Balaban J connectivity index is 2.07. The van der Waals surface area contributed by atoms with E-state index in [9.17, 15) is 4.79 Å². The fraction of sp³-hybridized carbons (Fsp3) is 0.385. The lowest BCUT2D eigenvalue weighted by atomic mass is 10.2. The highest BCUT2D eigenvalue weighted by Crippen LogP contribution is 2.01. The van der Waals surface area contributed by atoms with Crippen LogP contribution in [0.5, 0.6) is 0 Å². The van der Waals surface area contributed by atoms with Gasteiger partial charge >= 0.3 is 0 Å². The van der Waals surface area contributed by atoms with Crippen LogP contribution in [-0.2, 0) is 16.2 Å². The molecule has 0 atom stereocenters. The molecule has 0 radical (unpaired) electrons. The summed E-state index contributed by atoms with van der Waals surface area (Å²) in [6.45, 7) is 0.366. The number of hydrogen-bond donors (Lipinski definition) is 1. The van der Waals surface area contributed by atoms with Gasteiger partial charge in [-0.1, -0.05) is 30.3 Å². The van der Waals surface area contributed by atoms with Crippen LogP contribution in [0, 0.1) is 11.3 Å². The van der Waals surface area contributed by atoms with Crippen LogP contribution in [0.4, 0.5) is 0 Å². The zero-order valence-corrected chi connectivity index (χ0v) is 9.69. The van der Waals surface area contributed by atoms with Gasteiger partial charge in [0.15, 0.2) is 0 Å². The molecule has 0 aliphatic rings. The molecule has 0 bridgehead atoms. The molecule has 4 nitrogen and oxygen atoms in total. The number of unbranched alkanes of at least 4 members (excludes halogenated alkanes) is 2. The second-order valence-electron chi connectivity index (χ2n) is 3.66. The van der Waals surface area contributed by atoms with Gasteiger partial charge in [-0.2, -0.15) is 5.26 Å². The monoisotopic (exact) mass is 232 g/mol. The van der Waals surface area contributed by atoms with Crippen molar-refractivity contribution in [2.45, 2.75) is 32.3 Å². The van der Waals surface area contributed by atoms with Gasteiger partial charge in [0.1, 0.15) is 0 Å². The van der Waals surface area contributed by atoms with Crippen molar-refractivity contribution in [2.75, 3.05) is 0 Å². The first-order valence-corrected chi connectivity index (χ1v) is 5.64. The van der Waals surface area contributed by atoms with Crippen LogP contribution in [-0.4, -0.2) is 5.91 Å². The third kappa shape index (κ3) is 6.33. The van der Waals surface area contributed by atoms with Gasteiger partial charge < -0.3 is 0 Å². The molecule has 0 aliphatic carbocycles. The van der Waals surface area contributed by atoms with E-state index in [0.717, 1.165) is 12.0 Å². The molecule has 0 aromatic heterocycles. The largest absolute Gasteiger partial charge is 0.273 e. The number of carbonyl (C=O) groups is 1. The van der Waals surface area contributed by atoms with Gasteiger partial charge in [0.2, 0.25) is 5.91 Å². The Bertz CT molecular complexity index is 371. The minimum atomic E-state index is -0.140. The second-order valence-corrected chi connectivity index (χ2v) is 3.66. The lowest BCUT2D eigenvalue weighted by Gasteiger charge is -2.05. The smallest absolute Gasteiger partial charge is 0.243 e. The summed E-state index contributed by atoms with van der Waals surface area (Å²) >= 11 is 0. The molecule has 0 heterocycles. The maximum Gasteiger partial charge on any atom is 0.243 e. The Labute approximate surface area is 101 Å². The number of amides is 1. The van der Waals surface area contributed by atoms with Crippen molar-refractivity contribution in [3.8, 4) is 6.07 Å².